The molecule has 40 valence electrons. The molecule has 1 aromatic carbocycles. The van der Waals surface area contributed by atoms with Crippen LogP contribution >= 0.6 is 0 Å². The van der Waals surface area contributed by atoms with E-state index in [1.165, 1.54) is 0 Å². The zero-order chi connectivity index (χ0) is 5.82. The number of hydrogen-bond acceptors (Lipinski definition) is 1. The fraction of sp³-hybridized carbons (Fsp3) is 0. The molecule has 0 unspecified atom stereocenters. The van der Waals surface area contributed by atoms with Crippen molar-refractivity contribution in [2.75, 3.05) is 0 Å². The van der Waals surface area contributed by atoms with Crippen LogP contribution in [0.4, 0.5) is 0 Å². The average Bonchev–Trinajstić information content (AvgIpc) is 1.90. The zero-order valence-electron chi connectivity index (χ0n) is 4.54. The van der Waals surface area contributed by atoms with Gasteiger partial charge in [0, 0.05) is 0 Å². The summed E-state index contributed by atoms with van der Waals surface area (Å²) < 4.78 is 0. The highest BCUT2D eigenvalue weighted by Crippen LogP contribution is 1.78. The Morgan fingerprint density at radius 3 is 2.12 bits per heavy atom. The summed E-state index contributed by atoms with van der Waals surface area (Å²) in [5.74, 6) is 0. The van der Waals surface area contributed by atoms with Crippen molar-refractivity contribution in [2.45, 2.75) is 0 Å². The Kier molecular flexibility index (Phi) is 1.70. The summed E-state index contributed by atoms with van der Waals surface area (Å²) in [6, 6.07) is 9.52. The maximum absolute atomic E-state index is 8.54. The zero-order valence-corrected chi connectivity index (χ0v) is 4.54. The van der Waals surface area contributed by atoms with Crippen LogP contribution in [0, 0.1) is 0 Å². The summed E-state index contributed by atoms with van der Waals surface area (Å²) in [6.07, 6.45) is 0. The van der Waals surface area contributed by atoms with Gasteiger partial charge in [-0.3, -0.25) is 0 Å². The van der Waals surface area contributed by atoms with Gasteiger partial charge in [0.2, 0.25) is 0 Å². The molecular weight excluding hydrogens is 98.9 g/mol. The molecule has 0 spiro atoms. The van der Waals surface area contributed by atoms with Crippen LogP contribution < -0.4 is 5.46 Å². The van der Waals surface area contributed by atoms with Crippen LogP contribution in [0.2, 0.25) is 0 Å². The first kappa shape index (κ1) is 5.38. The molecule has 0 bridgehead atoms. The lowest BCUT2D eigenvalue weighted by molar-refractivity contribution is 0.615. The lowest BCUT2D eigenvalue weighted by atomic mass is 9.89. The molecule has 0 saturated heterocycles. The van der Waals surface area contributed by atoms with Crippen LogP contribution in [0.25, 0.3) is 0 Å². The molecule has 0 radical (unpaired) electrons. The molecule has 1 rings (SSSR count). The van der Waals surface area contributed by atoms with Crippen molar-refractivity contribution in [3.8, 4) is 0 Å². The summed E-state index contributed by atoms with van der Waals surface area (Å²) in [5.41, 5.74) is 0.965. The summed E-state index contributed by atoms with van der Waals surface area (Å²) in [7, 11) is 0.140. The summed E-state index contributed by atoms with van der Waals surface area (Å²) >= 11 is 0. The smallest absolute Gasteiger partial charge is 0.304 e. The van der Waals surface area contributed by atoms with E-state index in [9.17, 15) is 0 Å². The van der Waals surface area contributed by atoms with Crippen LogP contribution in [0.15, 0.2) is 30.3 Å². The first-order valence-corrected chi connectivity index (χ1v) is 2.58. The molecule has 0 aliphatic heterocycles. The lowest BCUT2D eigenvalue weighted by Crippen LogP contribution is -2.11. The van der Waals surface area contributed by atoms with E-state index in [-0.39, 0.29) is 7.48 Å². The minimum Gasteiger partial charge on any atom is -0.449 e. The van der Waals surface area contributed by atoms with E-state index >= 15 is 0 Å². The fourth-order valence-corrected chi connectivity index (χ4v) is 0.583. The molecule has 0 heterocycles. The van der Waals surface area contributed by atoms with Crippen molar-refractivity contribution in [3.63, 3.8) is 0 Å². The van der Waals surface area contributed by atoms with Gasteiger partial charge in [0.1, 0.15) is 0 Å². The SMILES string of the molecule is OBc1ccccc1. The van der Waals surface area contributed by atoms with Gasteiger partial charge in [0.15, 0.2) is 0 Å². The molecule has 0 amide bonds. The van der Waals surface area contributed by atoms with E-state index in [1.807, 2.05) is 30.3 Å². The molecular formula is C6H7BO. The second-order valence-corrected chi connectivity index (χ2v) is 1.64. The minimum atomic E-state index is 0.140. The van der Waals surface area contributed by atoms with E-state index in [4.69, 9.17) is 5.02 Å². The van der Waals surface area contributed by atoms with Crippen LogP contribution in [-0.4, -0.2) is 12.5 Å². The number of rotatable bonds is 1. The Bertz CT molecular complexity index is 150. The molecule has 1 N–H and O–H groups in total. The van der Waals surface area contributed by atoms with E-state index in [0.717, 1.165) is 5.46 Å². The van der Waals surface area contributed by atoms with Crippen molar-refractivity contribution in [1.29, 1.82) is 0 Å². The predicted octanol–water partition coefficient (Wildman–Crippen LogP) is -0.344. The van der Waals surface area contributed by atoms with Gasteiger partial charge in [-0.2, -0.15) is 0 Å². The predicted molar refractivity (Wildman–Crippen MR) is 35.4 cm³/mol. The minimum absolute atomic E-state index is 0.140. The van der Waals surface area contributed by atoms with Crippen molar-refractivity contribution in [1.82, 2.24) is 0 Å². The molecule has 0 atom stereocenters. The van der Waals surface area contributed by atoms with Gasteiger partial charge in [-0.15, -0.1) is 0 Å². The standard InChI is InChI=1S/C6H7BO/c8-7-6-4-2-1-3-5-6/h1-5,7-8H. The Hall–Kier alpha value is -0.755. The molecule has 0 aliphatic rings. The largest absolute Gasteiger partial charge is 0.449 e. The maximum atomic E-state index is 8.54. The quantitative estimate of drug-likeness (QED) is 0.485. The molecule has 0 aliphatic carbocycles. The highest BCUT2D eigenvalue weighted by atomic mass is 16.2. The number of hydrogen-bond donors (Lipinski definition) is 1. The van der Waals surface area contributed by atoms with Crippen LogP contribution in [0.1, 0.15) is 0 Å². The van der Waals surface area contributed by atoms with Gasteiger partial charge in [-0.05, 0) is 0 Å². The van der Waals surface area contributed by atoms with Gasteiger partial charge < -0.3 is 5.02 Å². The van der Waals surface area contributed by atoms with Crippen molar-refractivity contribution in [3.05, 3.63) is 30.3 Å². The number of benzene rings is 1. The lowest BCUT2D eigenvalue weighted by Gasteiger charge is -1.87. The van der Waals surface area contributed by atoms with Gasteiger partial charge in [-0.25, -0.2) is 0 Å². The van der Waals surface area contributed by atoms with Crippen molar-refractivity contribution >= 4 is 12.9 Å². The highest BCUT2D eigenvalue weighted by molar-refractivity contribution is 6.45. The molecule has 0 fully saturated rings. The monoisotopic (exact) mass is 106 g/mol. The van der Waals surface area contributed by atoms with E-state index < -0.39 is 0 Å². The topological polar surface area (TPSA) is 20.2 Å². The van der Waals surface area contributed by atoms with Crippen molar-refractivity contribution < 1.29 is 5.02 Å². The third kappa shape index (κ3) is 1.11. The Morgan fingerprint density at radius 2 is 1.75 bits per heavy atom. The molecule has 2 heteroatoms. The van der Waals surface area contributed by atoms with E-state index in [1.54, 1.807) is 0 Å². The first-order valence-electron chi connectivity index (χ1n) is 2.58. The Balaban J connectivity index is 2.83. The van der Waals surface area contributed by atoms with Gasteiger partial charge in [-0.1, -0.05) is 35.8 Å². The average molecular weight is 106 g/mol. The Morgan fingerprint density at radius 1 is 1.12 bits per heavy atom. The molecule has 0 saturated carbocycles. The summed E-state index contributed by atoms with van der Waals surface area (Å²) in [4.78, 5) is 0. The normalized spacial score (nSPS) is 8.62. The fourth-order valence-electron chi connectivity index (χ4n) is 0.583. The molecule has 1 nitrogen and oxygen atoms in total. The molecule has 1 aromatic rings. The van der Waals surface area contributed by atoms with E-state index in [2.05, 4.69) is 0 Å². The molecule has 0 aromatic heterocycles. The molecule has 8 heavy (non-hydrogen) atoms. The van der Waals surface area contributed by atoms with Gasteiger partial charge in [0.25, 0.3) is 0 Å². The van der Waals surface area contributed by atoms with E-state index in [0.29, 0.717) is 0 Å². The highest BCUT2D eigenvalue weighted by Gasteiger charge is 1.85. The second kappa shape index (κ2) is 2.53. The second-order valence-electron chi connectivity index (χ2n) is 1.64. The van der Waals surface area contributed by atoms with Crippen LogP contribution in [-0.2, 0) is 0 Å². The van der Waals surface area contributed by atoms with Crippen LogP contribution in [0.3, 0.4) is 0 Å². The Labute approximate surface area is 49.2 Å². The van der Waals surface area contributed by atoms with Crippen molar-refractivity contribution in [2.24, 2.45) is 0 Å². The third-order valence-electron chi connectivity index (χ3n) is 1.03. The maximum Gasteiger partial charge on any atom is 0.304 e. The van der Waals surface area contributed by atoms with Gasteiger partial charge >= 0.3 is 7.48 Å². The third-order valence-corrected chi connectivity index (χ3v) is 1.03. The summed E-state index contributed by atoms with van der Waals surface area (Å²) in [5, 5.41) is 8.54. The van der Waals surface area contributed by atoms with Gasteiger partial charge in [0.05, 0.1) is 0 Å². The van der Waals surface area contributed by atoms with Crippen LogP contribution in [0.5, 0.6) is 0 Å². The summed E-state index contributed by atoms with van der Waals surface area (Å²) in [6.45, 7) is 0. The first-order chi connectivity index (χ1) is 3.93.